The summed E-state index contributed by atoms with van der Waals surface area (Å²) in [6, 6.07) is 16.3. The third-order valence-electron chi connectivity index (χ3n) is 3.31. The molecule has 1 N–H and O–H groups in total. The summed E-state index contributed by atoms with van der Waals surface area (Å²) in [5.74, 6) is 0.873. The van der Waals surface area contributed by atoms with Crippen LogP contribution in [0.15, 0.2) is 59.1 Å². The fourth-order valence-corrected chi connectivity index (χ4v) is 2.83. The first kappa shape index (κ1) is 14.0. The molecule has 0 aliphatic heterocycles. The van der Waals surface area contributed by atoms with Crippen LogP contribution in [0.5, 0.6) is 5.75 Å². The van der Waals surface area contributed by atoms with Crippen molar-refractivity contribution in [2.75, 3.05) is 0 Å². The average Bonchev–Trinajstić information content (AvgIpc) is 2.83. The lowest BCUT2D eigenvalue weighted by molar-refractivity contribution is 0.306. The van der Waals surface area contributed by atoms with Gasteiger partial charge >= 0.3 is 0 Å². The standard InChI is InChI=1S/C18H16BrNO/c1-2-6-17-18(19)15-11-14(9-10-16(15)20-17)21-12-13-7-4-3-5-8-13/h2-11,20H,12H2,1H3/b6-2+. The molecule has 0 fully saturated rings. The van der Waals surface area contributed by atoms with Crippen molar-refractivity contribution in [1.82, 2.24) is 4.98 Å². The monoisotopic (exact) mass is 341 g/mol. The molecule has 2 nitrogen and oxygen atoms in total. The second-order valence-electron chi connectivity index (χ2n) is 4.83. The molecule has 106 valence electrons. The molecular formula is C18H16BrNO. The summed E-state index contributed by atoms with van der Waals surface area (Å²) in [6.45, 7) is 2.59. The number of aromatic nitrogens is 1. The van der Waals surface area contributed by atoms with E-state index >= 15 is 0 Å². The van der Waals surface area contributed by atoms with Crippen molar-refractivity contribution >= 4 is 32.9 Å². The molecule has 2 aromatic carbocycles. The van der Waals surface area contributed by atoms with Crippen molar-refractivity contribution in [2.45, 2.75) is 13.5 Å². The highest BCUT2D eigenvalue weighted by atomic mass is 79.9. The molecule has 0 spiro atoms. The Bertz CT molecular complexity index is 775. The van der Waals surface area contributed by atoms with Crippen LogP contribution in [0.1, 0.15) is 18.2 Å². The third kappa shape index (κ3) is 3.03. The maximum absolute atomic E-state index is 5.87. The van der Waals surface area contributed by atoms with Crippen LogP contribution in [0.3, 0.4) is 0 Å². The van der Waals surface area contributed by atoms with Crippen LogP contribution >= 0.6 is 15.9 Å². The predicted octanol–water partition coefficient (Wildman–Crippen LogP) is 5.54. The van der Waals surface area contributed by atoms with Gasteiger partial charge in [0.2, 0.25) is 0 Å². The Morgan fingerprint density at radius 2 is 1.95 bits per heavy atom. The highest BCUT2D eigenvalue weighted by molar-refractivity contribution is 9.10. The van der Waals surface area contributed by atoms with Crippen molar-refractivity contribution in [2.24, 2.45) is 0 Å². The van der Waals surface area contributed by atoms with Gasteiger partial charge in [-0.05, 0) is 52.7 Å². The van der Waals surface area contributed by atoms with Crippen LogP contribution in [0.25, 0.3) is 17.0 Å². The molecule has 0 amide bonds. The minimum absolute atomic E-state index is 0.579. The number of benzene rings is 2. The number of ether oxygens (including phenoxy) is 1. The molecule has 0 saturated heterocycles. The Balaban J connectivity index is 1.85. The summed E-state index contributed by atoms with van der Waals surface area (Å²) in [4.78, 5) is 3.38. The lowest BCUT2D eigenvalue weighted by Gasteiger charge is -2.06. The van der Waals surface area contributed by atoms with Crippen molar-refractivity contribution in [3.8, 4) is 5.75 Å². The van der Waals surface area contributed by atoms with Gasteiger partial charge < -0.3 is 9.72 Å². The molecular weight excluding hydrogens is 326 g/mol. The zero-order valence-electron chi connectivity index (χ0n) is 11.8. The number of hydrogen-bond acceptors (Lipinski definition) is 1. The molecule has 0 radical (unpaired) electrons. The molecule has 0 aliphatic carbocycles. The highest BCUT2D eigenvalue weighted by Gasteiger charge is 2.08. The van der Waals surface area contributed by atoms with Gasteiger partial charge in [-0.25, -0.2) is 0 Å². The largest absolute Gasteiger partial charge is 0.489 e. The first-order valence-corrected chi connectivity index (χ1v) is 7.68. The van der Waals surface area contributed by atoms with Gasteiger partial charge in [-0.15, -0.1) is 0 Å². The van der Waals surface area contributed by atoms with Gasteiger partial charge in [-0.3, -0.25) is 0 Å². The number of halogens is 1. The molecule has 0 aliphatic rings. The third-order valence-corrected chi connectivity index (χ3v) is 4.17. The van der Waals surface area contributed by atoms with E-state index in [4.69, 9.17) is 4.74 Å². The Morgan fingerprint density at radius 1 is 1.14 bits per heavy atom. The van der Waals surface area contributed by atoms with E-state index in [-0.39, 0.29) is 0 Å². The highest BCUT2D eigenvalue weighted by Crippen LogP contribution is 2.31. The number of aromatic amines is 1. The molecule has 21 heavy (non-hydrogen) atoms. The number of hydrogen-bond donors (Lipinski definition) is 1. The summed E-state index contributed by atoms with van der Waals surface area (Å²) in [6.07, 6.45) is 4.07. The van der Waals surface area contributed by atoms with Crippen molar-refractivity contribution in [3.63, 3.8) is 0 Å². The van der Waals surface area contributed by atoms with Gasteiger partial charge in [-0.2, -0.15) is 0 Å². The molecule has 0 atom stereocenters. The Kier molecular flexibility index (Phi) is 4.11. The fourth-order valence-electron chi connectivity index (χ4n) is 2.27. The number of allylic oxidation sites excluding steroid dienone is 1. The zero-order chi connectivity index (χ0) is 14.7. The van der Waals surface area contributed by atoms with Gasteiger partial charge in [0.15, 0.2) is 0 Å². The Labute approximate surface area is 132 Å². The van der Waals surface area contributed by atoms with E-state index in [9.17, 15) is 0 Å². The van der Waals surface area contributed by atoms with E-state index in [2.05, 4.69) is 45.2 Å². The molecule has 1 aromatic heterocycles. The summed E-state index contributed by atoms with van der Waals surface area (Å²) in [5, 5.41) is 1.13. The SMILES string of the molecule is C/C=C/c1[nH]c2ccc(OCc3ccccc3)cc2c1Br. The van der Waals surface area contributed by atoms with Crippen molar-refractivity contribution in [1.29, 1.82) is 0 Å². The van der Waals surface area contributed by atoms with E-state index in [0.717, 1.165) is 26.8 Å². The fraction of sp³-hybridized carbons (Fsp3) is 0.111. The molecule has 0 unspecified atom stereocenters. The van der Waals surface area contributed by atoms with Gasteiger partial charge in [-0.1, -0.05) is 36.4 Å². The smallest absolute Gasteiger partial charge is 0.120 e. The van der Waals surface area contributed by atoms with Crippen LogP contribution in [-0.4, -0.2) is 4.98 Å². The van der Waals surface area contributed by atoms with Gasteiger partial charge in [0.1, 0.15) is 12.4 Å². The quantitative estimate of drug-likeness (QED) is 0.661. The molecule has 3 rings (SSSR count). The normalized spacial score (nSPS) is 11.3. The molecule has 1 heterocycles. The van der Waals surface area contributed by atoms with Crippen LogP contribution in [0.4, 0.5) is 0 Å². The molecule has 0 bridgehead atoms. The first-order chi connectivity index (χ1) is 10.3. The van der Waals surface area contributed by atoms with Crippen molar-refractivity contribution < 1.29 is 4.74 Å². The average molecular weight is 342 g/mol. The predicted molar refractivity (Wildman–Crippen MR) is 91.5 cm³/mol. The minimum Gasteiger partial charge on any atom is -0.489 e. The van der Waals surface area contributed by atoms with E-state index < -0.39 is 0 Å². The van der Waals surface area contributed by atoms with Crippen LogP contribution in [-0.2, 0) is 6.61 Å². The number of rotatable bonds is 4. The van der Waals surface area contributed by atoms with Crippen molar-refractivity contribution in [3.05, 3.63) is 70.3 Å². The Morgan fingerprint density at radius 3 is 2.71 bits per heavy atom. The maximum atomic E-state index is 5.87. The van der Waals surface area contributed by atoms with E-state index in [1.807, 2.05) is 43.3 Å². The second-order valence-corrected chi connectivity index (χ2v) is 5.63. The lowest BCUT2D eigenvalue weighted by atomic mass is 10.2. The molecule has 0 saturated carbocycles. The van der Waals surface area contributed by atoms with Crippen LogP contribution in [0.2, 0.25) is 0 Å². The number of nitrogens with one attached hydrogen (secondary N) is 1. The van der Waals surface area contributed by atoms with Gasteiger partial charge in [0.05, 0.1) is 10.2 Å². The van der Waals surface area contributed by atoms with E-state index in [1.54, 1.807) is 0 Å². The minimum atomic E-state index is 0.579. The Hall–Kier alpha value is -2.00. The molecule has 3 heteroatoms. The van der Waals surface area contributed by atoms with Gasteiger partial charge in [0, 0.05) is 10.9 Å². The lowest BCUT2D eigenvalue weighted by Crippen LogP contribution is -1.94. The second kappa shape index (κ2) is 6.19. The molecule has 3 aromatic rings. The summed E-state index contributed by atoms with van der Waals surface area (Å²) < 4.78 is 6.94. The van der Waals surface area contributed by atoms with Crippen LogP contribution in [0, 0.1) is 0 Å². The first-order valence-electron chi connectivity index (χ1n) is 6.88. The van der Waals surface area contributed by atoms with Crippen LogP contribution < -0.4 is 4.74 Å². The summed E-state index contributed by atoms with van der Waals surface area (Å²) in [7, 11) is 0. The number of fused-ring (bicyclic) bond motifs is 1. The van der Waals surface area contributed by atoms with E-state index in [1.165, 1.54) is 5.56 Å². The summed E-state index contributed by atoms with van der Waals surface area (Å²) in [5.41, 5.74) is 3.34. The van der Waals surface area contributed by atoms with E-state index in [0.29, 0.717) is 6.61 Å². The van der Waals surface area contributed by atoms with Gasteiger partial charge in [0.25, 0.3) is 0 Å². The summed E-state index contributed by atoms with van der Waals surface area (Å²) >= 11 is 3.64. The topological polar surface area (TPSA) is 25.0 Å². The number of H-pyrrole nitrogens is 1. The zero-order valence-corrected chi connectivity index (χ0v) is 13.4. The maximum Gasteiger partial charge on any atom is 0.120 e.